The summed E-state index contributed by atoms with van der Waals surface area (Å²) in [5.74, 6) is -0.668. The number of nitrogens with one attached hydrogen (secondary N) is 1. The molecule has 20 heavy (non-hydrogen) atoms. The van der Waals surface area contributed by atoms with Crippen LogP contribution < -0.4 is 5.32 Å². The van der Waals surface area contributed by atoms with Crippen LogP contribution in [0.25, 0.3) is 0 Å². The van der Waals surface area contributed by atoms with E-state index in [0.29, 0.717) is 25.2 Å². The number of hydrogen-bond acceptors (Lipinski definition) is 6. The van der Waals surface area contributed by atoms with Crippen LogP contribution in [-0.2, 0) is 9.53 Å². The lowest BCUT2D eigenvalue weighted by Gasteiger charge is -2.13. The van der Waals surface area contributed by atoms with E-state index in [1.165, 1.54) is 6.07 Å². The molecule has 0 spiro atoms. The van der Waals surface area contributed by atoms with Crippen LogP contribution in [0.1, 0.15) is 12.8 Å². The number of ether oxygens (including phenoxy) is 1. The van der Waals surface area contributed by atoms with Crippen molar-refractivity contribution in [3.63, 3.8) is 0 Å². The van der Waals surface area contributed by atoms with Crippen LogP contribution in [0.5, 0.6) is 0 Å². The summed E-state index contributed by atoms with van der Waals surface area (Å²) in [4.78, 5) is 24.6. The molecule has 0 aliphatic carbocycles. The molecule has 2 heterocycles. The molecule has 8 nitrogen and oxygen atoms in total. The third kappa shape index (κ3) is 3.34. The Kier molecular flexibility index (Phi) is 4.35. The number of carboxylic acids is 1. The fourth-order valence-electron chi connectivity index (χ4n) is 1.91. The van der Waals surface area contributed by atoms with Gasteiger partial charge in [-0.05, 0) is 12.8 Å². The van der Waals surface area contributed by atoms with Gasteiger partial charge in [-0.15, -0.1) is 0 Å². The van der Waals surface area contributed by atoms with Crippen molar-refractivity contribution in [3.05, 3.63) is 27.4 Å². The number of halogens is 1. The van der Waals surface area contributed by atoms with Gasteiger partial charge in [0.25, 0.3) is 5.69 Å². The largest absolute Gasteiger partial charge is 0.479 e. The van der Waals surface area contributed by atoms with Crippen LogP contribution in [0.2, 0.25) is 5.02 Å². The molecule has 1 aromatic heterocycles. The lowest BCUT2D eigenvalue weighted by atomic mass is 10.2. The van der Waals surface area contributed by atoms with Gasteiger partial charge in [-0.25, -0.2) is 9.78 Å². The molecule has 0 amide bonds. The molecule has 1 saturated heterocycles. The number of anilines is 1. The van der Waals surface area contributed by atoms with Crippen molar-refractivity contribution in [2.45, 2.75) is 25.0 Å². The van der Waals surface area contributed by atoms with Crippen molar-refractivity contribution < 1.29 is 19.6 Å². The summed E-state index contributed by atoms with van der Waals surface area (Å²) in [5.41, 5.74) is -0.191. The fourth-order valence-corrected chi connectivity index (χ4v) is 2.13. The molecule has 1 aliphatic heterocycles. The maximum Gasteiger partial charge on any atom is 0.332 e. The van der Waals surface area contributed by atoms with Gasteiger partial charge in [0.2, 0.25) is 0 Å². The van der Waals surface area contributed by atoms with Crippen molar-refractivity contribution in [1.29, 1.82) is 0 Å². The van der Waals surface area contributed by atoms with E-state index in [1.54, 1.807) is 0 Å². The van der Waals surface area contributed by atoms with E-state index in [4.69, 9.17) is 21.4 Å². The minimum Gasteiger partial charge on any atom is -0.479 e. The number of carbonyl (C=O) groups is 1. The highest BCUT2D eigenvalue weighted by atomic mass is 35.5. The molecule has 0 saturated carbocycles. The first-order valence-corrected chi connectivity index (χ1v) is 6.27. The Hall–Kier alpha value is -1.93. The monoisotopic (exact) mass is 301 g/mol. The van der Waals surface area contributed by atoms with E-state index < -0.39 is 17.0 Å². The van der Waals surface area contributed by atoms with Crippen LogP contribution in [-0.4, -0.2) is 39.7 Å². The highest BCUT2D eigenvalue weighted by Crippen LogP contribution is 2.25. The number of nitrogens with zero attached hydrogens (tertiary/aromatic N) is 2. The minimum atomic E-state index is -0.973. The van der Waals surface area contributed by atoms with Gasteiger partial charge in [0.15, 0.2) is 6.10 Å². The third-order valence-corrected chi connectivity index (χ3v) is 3.21. The molecule has 9 heteroatoms. The number of carboxylic acid groups (broad SMARTS) is 1. The summed E-state index contributed by atoms with van der Waals surface area (Å²) in [6.45, 7) is 0.342. The van der Waals surface area contributed by atoms with Crippen molar-refractivity contribution in [2.75, 3.05) is 11.9 Å². The van der Waals surface area contributed by atoms with E-state index in [9.17, 15) is 14.9 Å². The van der Waals surface area contributed by atoms with Crippen molar-refractivity contribution in [2.24, 2.45) is 0 Å². The molecule has 1 aliphatic rings. The number of nitro groups is 1. The SMILES string of the molecule is O=C(O)C1CCC(CNc2ncc([N+](=O)[O-])cc2Cl)O1. The smallest absolute Gasteiger partial charge is 0.332 e. The molecule has 0 radical (unpaired) electrons. The molecule has 2 rings (SSSR count). The molecular formula is C11H12ClN3O5. The summed E-state index contributed by atoms with van der Waals surface area (Å²) in [7, 11) is 0. The Labute approximate surface area is 118 Å². The zero-order chi connectivity index (χ0) is 14.7. The second kappa shape index (κ2) is 6.02. The van der Waals surface area contributed by atoms with E-state index in [1.807, 2.05) is 0 Å². The van der Waals surface area contributed by atoms with Gasteiger partial charge >= 0.3 is 5.97 Å². The Balaban J connectivity index is 1.92. The predicted octanol–water partition coefficient (Wildman–Crippen LogP) is 1.69. The molecule has 0 aromatic carbocycles. The molecule has 2 unspecified atom stereocenters. The normalized spacial score (nSPS) is 21.6. The Morgan fingerprint density at radius 1 is 1.65 bits per heavy atom. The van der Waals surface area contributed by atoms with Gasteiger partial charge in [-0.3, -0.25) is 10.1 Å². The fraction of sp³-hybridized carbons (Fsp3) is 0.455. The average molecular weight is 302 g/mol. The van der Waals surface area contributed by atoms with Crippen molar-refractivity contribution in [1.82, 2.24) is 4.98 Å². The molecular weight excluding hydrogens is 290 g/mol. The topological polar surface area (TPSA) is 115 Å². The third-order valence-electron chi connectivity index (χ3n) is 2.92. The summed E-state index contributed by atoms with van der Waals surface area (Å²) in [6, 6.07) is 1.20. The zero-order valence-corrected chi connectivity index (χ0v) is 11.0. The zero-order valence-electron chi connectivity index (χ0n) is 10.3. The highest BCUT2D eigenvalue weighted by molar-refractivity contribution is 6.33. The summed E-state index contributed by atoms with van der Waals surface area (Å²) in [5, 5.41) is 22.4. The molecule has 2 N–H and O–H groups in total. The first-order chi connectivity index (χ1) is 9.47. The lowest BCUT2D eigenvalue weighted by Crippen LogP contribution is -2.24. The molecule has 2 atom stereocenters. The predicted molar refractivity (Wildman–Crippen MR) is 69.9 cm³/mol. The average Bonchev–Trinajstić information content (AvgIpc) is 2.86. The van der Waals surface area contributed by atoms with Gasteiger partial charge in [-0.1, -0.05) is 11.6 Å². The van der Waals surface area contributed by atoms with E-state index in [2.05, 4.69) is 10.3 Å². The molecule has 1 aromatic rings. The Morgan fingerprint density at radius 2 is 2.40 bits per heavy atom. The summed E-state index contributed by atoms with van der Waals surface area (Å²) >= 11 is 5.87. The van der Waals surface area contributed by atoms with E-state index >= 15 is 0 Å². The maximum absolute atomic E-state index is 10.7. The number of hydrogen-bond donors (Lipinski definition) is 2. The number of pyridine rings is 1. The van der Waals surface area contributed by atoms with E-state index in [0.717, 1.165) is 6.20 Å². The summed E-state index contributed by atoms with van der Waals surface area (Å²) in [6.07, 6.45) is 1.16. The Bertz CT molecular complexity index is 539. The van der Waals surface area contributed by atoms with Gasteiger partial charge < -0.3 is 15.2 Å². The minimum absolute atomic E-state index is 0.131. The first-order valence-electron chi connectivity index (χ1n) is 5.89. The van der Waals surface area contributed by atoms with Gasteiger partial charge in [0, 0.05) is 12.6 Å². The van der Waals surface area contributed by atoms with Crippen molar-refractivity contribution in [3.8, 4) is 0 Å². The number of rotatable bonds is 5. The number of aromatic nitrogens is 1. The summed E-state index contributed by atoms with van der Waals surface area (Å²) < 4.78 is 5.31. The second-order valence-corrected chi connectivity index (χ2v) is 4.73. The Morgan fingerprint density at radius 3 is 2.95 bits per heavy atom. The highest BCUT2D eigenvalue weighted by Gasteiger charge is 2.30. The molecule has 0 bridgehead atoms. The first kappa shape index (κ1) is 14.5. The van der Waals surface area contributed by atoms with Gasteiger partial charge in [0.05, 0.1) is 16.0 Å². The molecule has 1 fully saturated rings. The van der Waals surface area contributed by atoms with Crippen LogP contribution in [0.3, 0.4) is 0 Å². The maximum atomic E-state index is 10.7. The van der Waals surface area contributed by atoms with Gasteiger partial charge in [-0.2, -0.15) is 0 Å². The second-order valence-electron chi connectivity index (χ2n) is 4.32. The van der Waals surface area contributed by atoms with E-state index in [-0.39, 0.29) is 16.8 Å². The number of aliphatic carboxylic acids is 1. The van der Waals surface area contributed by atoms with Crippen LogP contribution in [0.15, 0.2) is 12.3 Å². The standard InChI is InChI=1S/C11H12ClN3O5/c12-8-3-6(15(18)19)4-13-10(8)14-5-7-1-2-9(20-7)11(16)17/h3-4,7,9H,1-2,5H2,(H,13,14)(H,16,17). The van der Waals surface area contributed by atoms with Crippen molar-refractivity contribution >= 4 is 29.1 Å². The van der Waals surface area contributed by atoms with Crippen LogP contribution >= 0.6 is 11.6 Å². The quantitative estimate of drug-likeness (QED) is 0.628. The van der Waals surface area contributed by atoms with Crippen LogP contribution in [0, 0.1) is 10.1 Å². The van der Waals surface area contributed by atoms with Gasteiger partial charge in [0.1, 0.15) is 12.0 Å². The molecule has 108 valence electrons. The lowest BCUT2D eigenvalue weighted by molar-refractivity contribution is -0.385. The van der Waals surface area contributed by atoms with Crippen LogP contribution in [0.4, 0.5) is 11.5 Å².